The van der Waals surface area contributed by atoms with Gasteiger partial charge in [0, 0.05) is 51.0 Å². The van der Waals surface area contributed by atoms with Gasteiger partial charge in [-0.25, -0.2) is 14.7 Å². The summed E-state index contributed by atoms with van der Waals surface area (Å²) in [5.74, 6) is -0.658. The van der Waals surface area contributed by atoms with Gasteiger partial charge >= 0.3 is 6.03 Å². The van der Waals surface area contributed by atoms with Crippen molar-refractivity contribution in [2.45, 2.75) is 6.92 Å². The predicted molar refractivity (Wildman–Crippen MR) is 124 cm³/mol. The normalized spacial score (nSPS) is 11.1. The molecular formula is C19H16Cl4N5O3Y-. The molecule has 1 aromatic heterocycles. The van der Waals surface area contributed by atoms with Gasteiger partial charge in [0.2, 0.25) is 5.91 Å². The Morgan fingerprint density at radius 3 is 2.56 bits per heavy atom. The Kier molecular flexibility index (Phi) is 12.1. The zero-order chi connectivity index (χ0) is 23.1. The molecule has 167 valence electrons. The van der Waals surface area contributed by atoms with Crippen molar-refractivity contribution in [3.63, 3.8) is 0 Å². The summed E-state index contributed by atoms with van der Waals surface area (Å²) in [5.41, 5.74) is 6.18. The molecule has 0 spiro atoms. The molecule has 0 aliphatic rings. The van der Waals surface area contributed by atoms with E-state index >= 15 is 0 Å². The summed E-state index contributed by atoms with van der Waals surface area (Å²) in [4.78, 5) is 35.3. The van der Waals surface area contributed by atoms with Gasteiger partial charge in [0.1, 0.15) is 5.16 Å². The first kappa shape index (κ1) is 28.8. The second-order valence-corrected chi connectivity index (χ2v) is 7.39. The van der Waals surface area contributed by atoms with Crippen molar-refractivity contribution in [2.75, 3.05) is 17.3 Å². The van der Waals surface area contributed by atoms with E-state index in [1.165, 1.54) is 31.5 Å². The van der Waals surface area contributed by atoms with Crippen LogP contribution in [0.5, 0.6) is 0 Å². The molecule has 8 nitrogen and oxygen atoms in total. The Morgan fingerprint density at radius 2 is 1.97 bits per heavy atom. The molecule has 0 aliphatic carbocycles. The van der Waals surface area contributed by atoms with E-state index in [2.05, 4.69) is 32.7 Å². The molecular weight excluding hydrogens is 577 g/mol. The minimum Gasteiger partial charge on any atom is -0.470 e. The first-order valence-corrected chi connectivity index (χ1v) is 9.95. The number of halogens is 4. The molecule has 0 fully saturated rings. The fourth-order valence-electron chi connectivity index (χ4n) is 2.41. The molecule has 0 atom stereocenters. The van der Waals surface area contributed by atoms with E-state index in [4.69, 9.17) is 46.4 Å². The summed E-state index contributed by atoms with van der Waals surface area (Å²) in [6.45, 7) is 5.19. The third kappa shape index (κ3) is 7.14. The number of carbonyl (C=O) groups excluding carboxylic acids is 2. The van der Waals surface area contributed by atoms with Crippen LogP contribution in [-0.4, -0.2) is 24.0 Å². The van der Waals surface area contributed by atoms with Crippen LogP contribution in [0.1, 0.15) is 15.9 Å². The fraction of sp³-hybridized carbons (Fsp3) is 0.105. The van der Waals surface area contributed by atoms with Crippen LogP contribution in [-0.2, 0) is 37.5 Å². The molecule has 3 amide bonds. The number of urea groups is 1. The van der Waals surface area contributed by atoms with E-state index in [0.29, 0.717) is 5.56 Å². The Balaban J connectivity index is 0.00000512. The number of aromatic nitrogens is 1. The van der Waals surface area contributed by atoms with E-state index in [1.807, 2.05) is 0 Å². The second-order valence-electron chi connectivity index (χ2n) is 5.78. The molecule has 2 rings (SSSR count). The van der Waals surface area contributed by atoms with Gasteiger partial charge in [0.05, 0.1) is 21.3 Å². The van der Waals surface area contributed by atoms with Crippen LogP contribution in [0.15, 0.2) is 53.3 Å². The number of anilines is 2. The minimum absolute atomic E-state index is 0. The van der Waals surface area contributed by atoms with Crippen LogP contribution in [0.4, 0.5) is 16.3 Å². The van der Waals surface area contributed by atoms with Gasteiger partial charge in [0.15, 0.2) is 5.82 Å². The van der Waals surface area contributed by atoms with Crippen LogP contribution < -0.4 is 15.6 Å². The van der Waals surface area contributed by atoms with Crippen molar-refractivity contribution in [2.24, 2.45) is 0 Å². The number of pyridine rings is 1. The molecule has 2 N–H and O–H groups in total. The fourth-order valence-corrected chi connectivity index (χ4v) is 3.21. The van der Waals surface area contributed by atoms with E-state index in [9.17, 15) is 9.59 Å². The number of nitrogens with one attached hydrogen (secondary N) is 2. The van der Waals surface area contributed by atoms with E-state index in [-0.39, 0.29) is 70.0 Å². The summed E-state index contributed by atoms with van der Waals surface area (Å²) in [6.07, 6.45) is 2.67. The van der Waals surface area contributed by atoms with Gasteiger partial charge < -0.3 is 21.2 Å². The van der Waals surface area contributed by atoms with E-state index < -0.39 is 11.9 Å². The summed E-state index contributed by atoms with van der Waals surface area (Å²) in [6, 6.07) is 5.23. The first-order valence-electron chi connectivity index (χ1n) is 8.44. The minimum atomic E-state index is -0.797. The van der Waals surface area contributed by atoms with Crippen molar-refractivity contribution < 1.29 is 47.1 Å². The van der Waals surface area contributed by atoms with E-state index in [1.54, 1.807) is 19.1 Å². The number of allylic oxidation sites excluding steroid dienone is 2. The van der Waals surface area contributed by atoms with Gasteiger partial charge in [-0.05, 0) is 42.8 Å². The third-order valence-corrected chi connectivity index (χ3v) is 5.06. The van der Waals surface area contributed by atoms with Crippen LogP contribution in [0, 0.1) is 6.92 Å². The topological polar surface area (TPSA) is 97.7 Å². The van der Waals surface area contributed by atoms with Crippen molar-refractivity contribution in [3.8, 4) is 0 Å². The van der Waals surface area contributed by atoms with Crippen molar-refractivity contribution in [3.05, 3.63) is 80.1 Å². The van der Waals surface area contributed by atoms with Crippen LogP contribution in [0.25, 0.3) is 5.59 Å². The van der Waals surface area contributed by atoms with Gasteiger partial charge in [-0.3, -0.25) is 4.79 Å². The van der Waals surface area contributed by atoms with Gasteiger partial charge in [-0.2, -0.15) is 0 Å². The summed E-state index contributed by atoms with van der Waals surface area (Å²) in [5, 5.41) is 2.80. The SMILES string of the molecule is C=C/C(Cl)=C(/Cl)N(C(=O)Nc1c(C)cc(Cl)cc1C(=O)N[N-]OC)c1ncccc1Cl.[Y]. The largest absolute Gasteiger partial charge is 0.470 e. The quantitative estimate of drug-likeness (QED) is 0.229. The van der Waals surface area contributed by atoms with E-state index in [0.717, 1.165) is 4.90 Å². The molecule has 1 radical (unpaired) electrons. The number of aryl methyl sites for hydroxylation is 1. The average molecular weight is 593 g/mol. The van der Waals surface area contributed by atoms with Gasteiger partial charge in [0.25, 0.3) is 0 Å². The van der Waals surface area contributed by atoms with Crippen molar-refractivity contribution in [1.29, 1.82) is 0 Å². The van der Waals surface area contributed by atoms with Gasteiger partial charge in [-0.1, -0.05) is 53.0 Å². The molecule has 1 aromatic carbocycles. The summed E-state index contributed by atoms with van der Waals surface area (Å²) >= 11 is 24.7. The maximum atomic E-state index is 13.2. The Hall–Kier alpha value is -1.23. The zero-order valence-electron chi connectivity index (χ0n) is 16.8. The maximum absolute atomic E-state index is 13.2. The van der Waals surface area contributed by atoms with Gasteiger partial charge in [-0.15, -0.1) is 0 Å². The molecule has 2 aromatic rings. The number of amides is 3. The maximum Gasteiger partial charge on any atom is 0.332 e. The molecule has 0 saturated carbocycles. The van der Waals surface area contributed by atoms with Crippen LogP contribution >= 0.6 is 46.4 Å². The molecule has 0 aliphatic heterocycles. The molecule has 0 unspecified atom stereocenters. The smallest absolute Gasteiger partial charge is 0.332 e. The number of hydrogen-bond acceptors (Lipinski definition) is 4. The number of carbonyl (C=O) groups is 2. The zero-order valence-corrected chi connectivity index (χ0v) is 22.7. The van der Waals surface area contributed by atoms with Crippen molar-refractivity contribution in [1.82, 2.24) is 10.4 Å². The molecule has 1 heterocycles. The monoisotopic (exact) mass is 591 g/mol. The number of rotatable bonds is 7. The molecule has 32 heavy (non-hydrogen) atoms. The first-order chi connectivity index (χ1) is 14.7. The van der Waals surface area contributed by atoms with Crippen LogP contribution in [0.3, 0.4) is 0 Å². The number of nitrogens with zero attached hydrogens (tertiary/aromatic N) is 3. The summed E-state index contributed by atoms with van der Waals surface area (Å²) < 4.78 is 0. The second kappa shape index (κ2) is 13.5. The van der Waals surface area contributed by atoms with Crippen molar-refractivity contribution >= 4 is 69.8 Å². The number of benzene rings is 1. The predicted octanol–water partition coefficient (Wildman–Crippen LogP) is 6.15. The number of hydrogen-bond donors (Lipinski definition) is 2. The third-order valence-electron chi connectivity index (χ3n) is 3.74. The summed E-state index contributed by atoms with van der Waals surface area (Å²) in [7, 11) is 1.26. The Bertz CT molecular complexity index is 1050. The molecule has 0 saturated heterocycles. The standard InChI is InChI=1S/C19H16Cl4N5O3.Y/c1-4-13(21)16(23)28(17-14(22)6-5-7-24-17)19(30)25-15-10(2)8-11(20)9-12(15)18(29)26-27-31-3;/h4-9H,1H2,2-3H3,(H2,25,26,29,30);/q-1;/b16-13+;. The molecule has 13 heteroatoms. The average Bonchev–Trinajstić information content (AvgIpc) is 2.74. The van der Waals surface area contributed by atoms with Crippen LogP contribution in [0.2, 0.25) is 10.0 Å². The Labute approximate surface area is 230 Å². The Morgan fingerprint density at radius 1 is 1.28 bits per heavy atom. The molecule has 0 bridgehead atoms.